The summed E-state index contributed by atoms with van der Waals surface area (Å²) in [5.41, 5.74) is -1.41. The van der Waals surface area contributed by atoms with Gasteiger partial charge in [0.1, 0.15) is 17.3 Å². The van der Waals surface area contributed by atoms with E-state index in [0.29, 0.717) is 5.75 Å². The van der Waals surface area contributed by atoms with Crippen molar-refractivity contribution >= 4 is 34.4 Å². The number of methoxy groups -OCH3 is 1. The van der Waals surface area contributed by atoms with Crippen molar-refractivity contribution in [3.63, 3.8) is 0 Å². The first-order chi connectivity index (χ1) is 16.0. The molecule has 0 aliphatic heterocycles. The van der Waals surface area contributed by atoms with Gasteiger partial charge in [-0.25, -0.2) is 4.79 Å². The number of carboxylic acid groups (broad SMARTS) is 1. The fourth-order valence-corrected chi connectivity index (χ4v) is 3.24. The van der Waals surface area contributed by atoms with Crippen molar-refractivity contribution in [3.8, 4) is 22.8 Å². The molecule has 12 heteroatoms. The quantitative estimate of drug-likeness (QED) is 0.371. The largest absolute Gasteiger partial charge is 0.497 e. The monoisotopic (exact) mass is 499 g/mol. The molecular weight excluding hydrogens is 483 g/mol. The van der Waals surface area contributed by atoms with E-state index >= 15 is 0 Å². The first kappa shape index (κ1) is 24.9. The molecule has 0 aliphatic carbocycles. The van der Waals surface area contributed by atoms with Crippen molar-refractivity contribution in [1.29, 1.82) is 0 Å². The molecule has 2 N–H and O–H groups in total. The summed E-state index contributed by atoms with van der Waals surface area (Å²) in [6.07, 6.45) is -4.56. The van der Waals surface area contributed by atoms with Crippen LogP contribution in [0.25, 0.3) is 22.3 Å². The number of carbonyl (C=O) groups excluding carboxylic acids is 1. The number of benzene rings is 2. The highest BCUT2D eigenvalue weighted by atomic mass is 35.5. The van der Waals surface area contributed by atoms with Crippen LogP contribution in [0, 0.1) is 0 Å². The second-order valence-electron chi connectivity index (χ2n) is 6.93. The van der Waals surface area contributed by atoms with Gasteiger partial charge in [0.05, 0.1) is 35.3 Å². The summed E-state index contributed by atoms with van der Waals surface area (Å²) in [5.74, 6) is -2.86. The lowest BCUT2D eigenvalue weighted by molar-refractivity contribution is -0.150. The SMILES string of the molecule is COc1cc(Cl)c2oc(-c3ccc(C(F)(F)F)cc3OCCCNC(=O)C(=O)O)cc(=O)c2c1. The van der Waals surface area contributed by atoms with Crippen molar-refractivity contribution in [2.24, 2.45) is 0 Å². The maximum Gasteiger partial charge on any atom is 0.416 e. The molecular formula is C22H17ClF3NO7. The number of carbonyl (C=O) groups is 2. The van der Waals surface area contributed by atoms with Gasteiger partial charge in [-0.1, -0.05) is 11.6 Å². The summed E-state index contributed by atoms with van der Waals surface area (Å²) < 4.78 is 56.0. The van der Waals surface area contributed by atoms with Gasteiger partial charge in [0.2, 0.25) is 0 Å². The first-order valence-electron chi connectivity index (χ1n) is 9.68. The lowest BCUT2D eigenvalue weighted by atomic mass is 10.1. The molecule has 0 spiro atoms. The molecule has 1 heterocycles. The van der Waals surface area contributed by atoms with E-state index in [1.807, 2.05) is 0 Å². The van der Waals surface area contributed by atoms with Gasteiger partial charge in [0, 0.05) is 18.7 Å². The van der Waals surface area contributed by atoms with Crippen molar-refractivity contribution in [1.82, 2.24) is 5.32 Å². The van der Waals surface area contributed by atoms with Gasteiger partial charge in [-0.15, -0.1) is 0 Å². The third-order valence-corrected chi connectivity index (χ3v) is 4.91. The van der Waals surface area contributed by atoms with Crippen LogP contribution in [0.5, 0.6) is 11.5 Å². The molecule has 1 aromatic heterocycles. The zero-order valence-electron chi connectivity index (χ0n) is 17.5. The number of hydrogen-bond donors (Lipinski definition) is 2. The number of carboxylic acids is 1. The van der Waals surface area contributed by atoms with Crippen molar-refractivity contribution in [2.75, 3.05) is 20.3 Å². The summed E-state index contributed by atoms with van der Waals surface area (Å²) in [7, 11) is 1.40. The standard InChI is InChI=1S/C22H17ClF3NO7/c1-32-12-8-14-16(28)10-18(34-19(14)15(23)9-12)13-4-3-11(22(24,25)26)7-17(13)33-6-2-5-27-20(29)21(30)31/h3-4,7-10H,2,5-6H2,1H3,(H,27,29)(H,30,31). The first-order valence-corrected chi connectivity index (χ1v) is 10.1. The topological polar surface area (TPSA) is 115 Å². The number of halogens is 4. The summed E-state index contributed by atoms with van der Waals surface area (Å²) in [6, 6.07) is 6.62. The Morgan fingerprint density at radius 3 is 2.56 bits per heavy atom. The second-order valence-corrected chi connectivity index (χ2v) is 7.34. The van der Waals surface area contributed by atoms with Gasteiger partial charge < -0.3 is 24.3 Å². The van der Waals surface area contributed by atoms with E-state index in [0.717, 1.165) is 24.3 Å². The average molecular weight is 500 g/mol. The van der Waals surface area contributed by atoms with Crippen LogP contribution in [-0.2, 0) is 15.8 Å². The number of ether oxygens (including phenoxy) is 2. The maximum absolute atomic E-state index is 13.2. The van der Waals surface area contributed by atoms with Crippen LogP contribution < -0.4 is 20.2 Å². The molecule has 2 aromatic carbocycles. The van der Waals surface area contributed by atoms with Gasteiger partial charge in [-0.2, -0.15) is 13.2 Å². The zero-order valence-corrected chi connectivity index (χ0v) is 18.2. The number of alkyl halides is 3. The molecule has 3 rings (SSSR count). The van der Waals surface area contributed by atoms with Crippen LogP contribution in [0.4, 0.5) is 13.2 Å². The molecule has 3 aromatic rings. The molecule has 0 aliphatic rings. The fraction of sp³-hybridized carbons (Fsp3) is 0.227. The number of aliphatic carboxylic acids is 1. The van der Waals surface area contributed by atoms with Crippen LogP contribution in [0.15, 0.2) is 45.6 Å². The highest BCUT2D eigenvalue weighted by Gasteiger charge is 2.31. The molecule has 0 radical (unpaired) electrons. The minimum Gasteiger partial charge on any atom is -0.497 e. The van der Waals surface area contributed by atoms with Crippen LogP contribution in [0.1, 0.15) is 12.0 Å². The lowest BCUT2D eigenvalue weighted by Gasteiger charge is -2.15. The number of hydrogen-bond acceptors (Lipinski definition) is 6. The second kappa shape index (κ2) is 10.0. The van der Waals surface area contributed by atoms with Gasteiger partial charge in [0.25, 0.3) is 0 Å². The fourth-order valence-electron chi connectivity index (χ4n) is 3.00. The Kier molecular flexibility index (Phi) is 7.35. The summed E-state index contributed by atoms with van der Waals surface area (Å²) in [4.78, 5) is 34.2. The van der Waals surface area contributed by atoms with E-state index in [2.05, 4.69) is 5.32 Å². The third-order valence-electron chi connectivity index (χ3n) is 4.63. The zero-order chi connectivity index (χ0) is 25.0. The van der Waals surface area contributed by atoms with E-state index in [1.165, 1.54) is 19.2 Å². The number of nitrogens with one attached hydrogen (secondary N) is 1. The number of rotatable bonds is 7. The van der Waals surface area contributed by atoms with Crippen molar-refractivity contribution in [3.05, 3.63) is 57.2 Å². The highest BCUT2D eigenvalue weighted by Crippen LogP contribution is 2.38. The van der Waals surface area contributed by atoms with Gasteiger partial charge in [0.15, 0.2) is 11.0 Å². The van der Waals surface area contributed by atoms with E-state index < -0.39 is 29.0 Å². The van der Waals surface area contributed by atoms with Crippen LogP contribution in [0.2, 0.25) is 5.02 Å². The van der Waals surface area contributed by atoms with Crippen LogP contribution >= 0.6 is 11.6 Å². The molecule has 8 nitrogen and oxygen atoms in total. The third kappa shape index (κ3) is 5.60. The van der Waals surface area contributed by atoms with Gasteiger partial charge in [-0.05, 0) is 30.7 Å². The average Bonchev–Trinajstić information content (AvgIpc) is 2.78. The molecule has 0 unspecified atom stereocenters. The predicted octanol–water partition coefficient (Wildman–Crippen LogP) is 4.11. The minimum atomic E-state index is -4.66. The Morgan fingerprint density at radius 2 is 1.91 bits per heavy atom. The molecule has 34 heavy (non-hydrogen) atoms. The number of amides is 1. The molecule has 0 bridgehead atoms. The van der Waals surface area contributed by atoms with Gasteiger partial charge in [-0.3, -0.25) is 9.59 Å². The van der Waals surface area contributed by atoms with Gasteiger partial charge >= 0.3 is 18.1 Å². The van der Waals surface area contributed by atoms with Crippen LogP contribution in [0.3, 0.4) is 0 Å². The Morgan fingerprint density at radius 1 is 1.18 bits per heavy atom. The molecule has 0 atom stereocenters. The van der Waals surface area contributed by atoms with Crippen molar-refractivity contribution in [2.45, 2.75) is 12.6 Å². The van der Waals surface area contributed by atoms with Crippen LogP contribution in [-0.4, -0.2) is 37.2 Å². The van der Waals surface area contributed by atoms with E-state index in [1.54, 1.807) is 0 Å². The normalized spacial score (nSPS) is 11.3. The molecule has 180 valence electrons. The Balaban J connectivity index is 1.96. The summed E-state index contributed by atoms with van der Waals surface area (Å²) in [5, 5.41) is 10.8. The lowest BCUT2D eigenvalue weighted by Crippen LogP contribution is -2.31. The maximum atomic E-state index is 13.2. The molecule has 0 saturated carbocycles. The summed E-state index contributed by atoms with van der Waals surface area (Å²) in [6.45, 7) is -0.244. The van der Waals surface area contributed by atoms with Crippen molar-refractivity contribution < 1.29 is 41.8 Å². The highest BCUT2D eigenvalue weighted by molar-refractivity contribution is 6.35. The number of fused-ring (bicyclic) bond motifs is 1. The Labute approximate surface area is 194 Å². The molecule has 0 saturated heterocycles. The van der Waals surface area contributed by atoms with E-state index in [9.17, 15) is 27.6 Å². The van der Waals surface area contributed by atoms with E-state index in [4.69, 9.17) is 30.6 Å². The Hall–Kier alpha value is -3.73. The summed E-state index contributed by atoms with van der Waals surface area (Å²) >= 11 is 6.19. The molecule has 0 fully saturated rings. The predicted molar refractivity (Wildman–Crippen MR) is 115 cm³/mol. The minimum absolute atomic E-state index is 0.0206. The smallest absolute Gasteiger partial charge is 0.416 e. The Bertz CT molecular complexity index is 1300. The molecule has 1 amide bonds. The van der Waals surface area contributed by atoms with E-state index in [-0.39, 0.29) is 52.6 Å².